The van der Waals surface area contributed by atoms with E-state index in [-0.39, 0.29) is 18.5 Å². The minimum atomic E-state index is -0.661. The summed E-state index contributed by atoms with van der Waals surface area (Å²) in [7, 11) is 0. The van der Waals surface area contributed by atoms with Crippen molar-refractivity contribution in [2.45, 2.75) is 302 Å². The summed E-state index contributed by atoms with van der Waals surface area (Å²) in [5.41, 5.74) is 0. The van der Waals surface area contributed by atoms with Crippen molar-refractivity contribution in [3.05, 3.63) is 12.2 Å². The number of aliphatic hydroxyl groups excluding tert-OH is 2. The Morgan fingerprint density at radius 3 is 1.24 bits per heavy atom. The molecule has 0 heterocycles. The van der Waals surface area contributed by atoms with Gasteiger partial charge < -0.3 is 20.3 Å². The lowest BCUT2D eigenvalue weighted by molar-refractivity contribution is -0.143. The van der Waals surface area contributed by atoms with Crippen LogP contribution in [0.2, 0.25) is 0 Å². The maximum atomic E-state index is 12.4. The first kappa shape index (κ1) is 57.6. The van der Waals surface area contributed by atoms with E-state index in [1.54, 1.807) is 0 Å². The predicted octanol–water partition coefficient (Wildman–Crippen LogP) is 15.7. The molecule has 0 saturated heterocycles. The SMILES string of the molecule is CCCCC/C=C\CCCCCCCC(=O)OCCCCCCCCCCCCCCCCCCCCCCCC(=O)NC(CO)C(O)CCCCCCCCCCC. The maximum Gasteiger partial charge on any atom is 0.305 e. The summed E-state index contributed by atoms with van der Waals surface area (Å²) in [5, 5.41) is 23.1. The number of hydrogen-bond acceptors (Lipinski definition) is 5. The largest absolute Gasteiger partial charge is 0.466 e. The lowest BCUT2D eigenvalue weighted by Crippen LogP contribution is -2.45. The number of nitrogens with one attached hydrogen (secondary N) is 1. The second-order valence-electron chi connectivity index (χ2n) is 18.2. The molecule has 6 heteroatoms. The number of allylic oxidation sites excluding steroid dienone is 2. The molecule has 0 aliphatic carbocycles. The molecule has 350 valence electrons. The quantitative estimate of drug-likeness (QED) is 0.0322. The molecule has 0 spiro atoms. The number of rotatable bonds is 49. The molecular weight excluding hydrogens is 731 g/mol. The monoisotopic (exact) mass is 834 g/mol. The van der Waals surface area contributed by atoms with Gasteiger partial charge in [0.25, 0.3) is 0 Å². The van der Waals surface area contributed by atoms with E-state index in [0.717, 1.165) is 44.9 Å². The highest BCUT2D eigenvalue weighted by molar-refractivity contribution is 5.76. The van der Waals surface area contributed by atoms with Crippen LogP contribution in [-0.4, -0.2) is 47.4 Å². The Hall–Kier alpha value is -1.40. The molecule has 0 aliphatic heterocycles. The van der Waals surface area contributed by atoms with Gasteiger partial charge >= 0.3 is 5.97 Å². The molecule has 3 N–H and O–H groups in total. The van der Waals surface area contributed by atoms with Crippen LogP contribution in [0, 0.1) is 0 Å². The van der Waals surface area contributed by atoms with Gasteiger partial charge in [-0.05, 0) is 51.4 Å². The molecular formula is C53H103NO5. The van der Waals surface area contributed by atoms with Crippen molar-refractivity contribution in [1.29, 1.82) is 0 Å². The second kappa shape index (κ2) is 49.3. The van der Waals surface area contributed by atoms with Gasteiger partial charge in [-0.1, -0.05) is 238 Å². The van der Waals surface area contributed by atoms with Crippen LogP contribution in [0.25, 0.3) is 0 Å². The first-order valence-corrected chi connectivity index (χ1v) is 26.4. The summed E-state index contributed by atoms with van der Waals surface area (Å²) < 4.78 is 5.46. The molecule has 0 radical (unpaired) electrons. The highest BCUT2D eigenvalue weighted by Crippen LogP contribution is 2.17. The first-order chi connectivity index (χ1) is 29.0. The minimum absolute atomic E-state index is 0.00178. The van der Waals surface area contributed by atoms with Gasteiger partial charge in [0.1, 0.15) is 0 Å². The molecule has 2 unspecified atom stereocenters. The highest BCUT2D eigenvalue weighted by atomic mass is 16.5. The molecule has 0 fully saturated rings. The molecule has 0 aromatic heterocycles. The van der Waals surface area contributed by atoms with Crippen molar-refractivity contribution in [2.75, 3.05) is 13.2 Å². The summed E-state index contributed by atoms with van der Waals surface area (Å²) >= 11 is 0. The summed E-state index contributed by atoms with van der Waals surface area (Å²) in [4.78, 5) is 24.4. The smallest absolute Gasteiger partial charge is 0.305 e. The van der Waals surface area contributed by atoms with E-state index in [0.29, 0.717) is 25.9 Å². The molecule has 59 heavy (non-hydrogen) atoms. The standard InChI is InChI=1S/C53H103NO5/c1-3-5-7-9-11-13-14-27-31-35-39-43-47-53(58)59-48-44-40-36-32-28-25-23-21-19-17-15-16-18-20-22-24-26-30-34-38-42-46-52(57)54-50(49-55)51(56)45-41-37-33-29-12-10-8-6-4-2/h11,13,50-51,55-56H,3-10,12,14-49H2,1-2H3,(H,54,57)/b13-11-. The fourth-order valence-electron chi connectivity index (χ4n) is 8.22. The van der Waals surface area contributed by atoms with Crippen molar-refractivity contribution in [1.82, 2.24) is 5.32 Å². The zero-order valence-corrected chi connectivity index (χ0v) is 39.7. The van der Waals surface area contributed by atoms with Crippen molar-refractivity contribution < 1.29 is 24.5 Å². The van der Waals surface area contributed by atoms with Gasteiger partial charge in [0.2, 0.25) is 5.91 Å². The third-order valence-corrected chi connectivity index (χ3v) is 12.3. The maximum absolute atomic E-state index is 12.4. The van der Waals surface area contributed by atoms with Crippen molar-refractivity contribution in [3.8, 4) is 0 Å². The van der Waals surface area contributed by atoms with Gasteiger partial charge in [-0.2, -0.15) is 0 Å². The molecule has 6 nitrogen and oxygen atoms in total. The predicted molar refractivity (Wildman–Crippen MR) is 255 cm³/mol. The Labute approximate surface area is 368 Å². The van der Waals surface area contributed by atoms with Crippen LogP contribution >= 0.6 is 0 Å². The average molecular weight is 834 g/mol. The number of carbonyl (C=O) groups excluding carboxylic acids is 2. The van der Waals surface area contributed by atoms with Crippen molar-refractivity contribution in [3.63, 3.8) is 0 Å². The zero-order chi connectivity index (χ0) is 43.0. The van der Waals surface area contributed by atoms with Crippen LogP contribution in [0.4, 0.5) is 0 Å². The number of ether oxygens (including phenoxy) is 1. The lowest BCUT2D eigenvalue weighted by Gasteiger charge is -2.22. The van der Waals surface area contributed by atoms with Gasteiger partial charge in [0.05, 0.1) is 25.4 Å². The molecule has 1 amide bonds. The molecule has 0 bridgehead atoms. The Bertz CT molecular complexity index is 878. The topological polar surface area (TPSA) is 95.9 Å². The summed E-state index contributed by atoms with van der Waals surface area (Å²) in [6.07, 6.45) is 56.3. The van der Waals surface area contributed by atoms with E-state index in [2.05, 4.69) is 31.3 Å². The number of amides is 1. The molecule has 2 atom stereocenters. The minimum Gasteiger partial charge on any atom is -0.466 e. The van der Waals surface area contributed by atoms with Crippen LogP contribution < -0.4 is 5.32 Å². The Kier molecular flexibility index (Phi) is 48.1. The van der Waals surface area contributed by atoms with Gasteiger partial charge in [-0.3, -0.25) is 9.59 Å². The highest BCUT2D eigenvalue weighted by Gasteiger charge is 2.20. The fourth-order valence-corrected chi connectivity index (χ4v) is 8.22. The third kappa shape index (κ3) is 45.9. The molecule has 0 aromatic carbocycles. The van der Waals surface area contributed by atoms with E-state index >= 15 is 0 Å². The second-order valence-corrected chi connectivity index (χ2v) is 18.2. The summed E-state index contributed by atoms with van der Waals surface area (Å²) in [5.74, 6) is -0.0362. The molecule has 0 aliphatic rings. The zero-order valence-electron chi connectivity index (χ0n) is 39.7. The summed E-state index contributed by atoms with van der Waals surface area (Å²) in [6.45, 7) is 4.91. The van der Waals surface area contributed by atoms with Crippen LogP contribution in [0.3, 0.4) is 0 Å². The molecule has 0 rings (SSSR count). The fraction of sp³-hybridized carbons (Fsp3) is 0.925. The van der Waals surface area contributed by atoms with Crippen LogP contribution in [-0.2, 0) is 14.3 Å². The van der Waals surface area contributed by atoms with E-state index in [1.165, 1.54) is 212 Å². The van der Waals surface area contributed by atoms with E-state index in [4.69, 9.17) is 4.74 Å². The number of esters is 1. The average Bonchev–Trinajstić information content (AvgIpc) is 3.24. The van der Waals surface area contributed by atoms with Gasteiger partial charge in [0, 0.05) is 12.8 Å². The first-order valence-electron chi connectivity index (χ1n) is 26.4. The van der Waals surface area contributed by atoms with E-state index in [1.807, 2.05) is 0 Å². The van der Waals surface area contributed by atoms with E-state index < -0.39 is 12.1 Å². The number of carbonyl (C=O) groups is 2. The van der Waals surface area contributed by atoms with Crippen LogP contribution in [0.5, 0.6) is 0 Å². The number of unbranched alkanes of at least 4 members (excludes halogenated alkanes) is 36. The molecule has 0 aromatic rings. The van der Waals surface area contributed by atoms with Crippen molar-refractivity contribution >= 4 is 11.9 Å². The Balaban J connectivity index is 3.35. The Morgan fingerprint density at radius 1 is 0.458 bits per heavy atom. The molecule has 0 saturated carbocycles. The lowest BCUT2D eigenvalue weighted by atomic mass is 10.0. The third-order valence-electron chi connectivity index (χ3n) is 12.3. The van der Waals surface area contributed by atoms with Crippen LogP contribution in [0.1, 0.15) is 290 Å². The number of hydrogen-bond donors (Lipinski definition) is 3. The normalized spacial score (nSPS) is 12.7. The van der Waals surface area contributed by atoms with Gasteiger partial charge in [-0.15, -0.1) is 0 Å². The van der Waals surface area contributed by atoms with Crippen molar-refractivity contribution in [2.24, 2.45) is 0 Å². The van der Waals surface area contributed by atoms with E-state index in [9.17, 15) is 19.8 Å². The summed E-state index contributed by atoms with van der Waals surface area (Å²) in [6, 6.07) is -0.539. The van der Waals surface area contributed by atoms with Gasteiger partial charge in [-0.25, -0.2) is 0 Å². The Morgan fingerprint density at radius 2 is 0.797 bits per heavy atom. The number of aliphatic hydroxyl groups is 2. The van der Waals surface area contributed by atoms with Gasteiger partial charge in [0.15, 0.2) is 0 Å². The van der Waals surface area contributed by atoms with Crippen LogP contribution in [0.15, 0.2) is 12.2 Å².